The molecule has 0 atom stereocenters. The molecule has 0 saturated carbocycles. The number of carboxylic acid groups (broad SMARTS) is 1. The number of nitrogens with zero attached hydrogens (tertiary/aromatic N) is 3. The average Bonchev–Trinajstić information content (AvgIpc) is 3.06. The van der Waals surface area contributed by atoms with Crippen molar-refractivity contribution in [3.8, 4) is 11.4 Å². The number of aliphatic carboxylic acids is 1. The van der Waals surface area contributed by atoms with Crippen molar-refractivity contribution in [2.24, 2.45) is 0 Å². The van der Waals surface area contributed by atoms with Crippen molar-refractivity contribution in [1.29, 1.82) is 0 Å². The molecule has 1 heterocycles. The molecule has 0 fully saturated rings. The van der Waals surface area contributed by atoms with Crippen molar-refractivity contribution in [3.63, 3.8) is 0 Å². The summed E-state index contributed by atoms with van der Waals surface area (Å²) in [7, 11) is 1.65. The van der Waals surface area contributed by atoms with Crippen LogP contribution >= 0.6 is 0 Å². The van der Waals surface area contributed by atoms with Crippen LogP contribution in [0.4, 0.5) is 4.79 Å². The first kappa shape index (κ1) is 17.5. The van der Waals surface area contributed by atoms with Crippen molar-refractivity contribution in [2.75, 3.05) is 20.1 Å². The van der Waals surface area contributed by atoms with Crippen LogP contribution in [0.2, 0.25) is 0 Å². The van der Waals surface area contributed by atoms with Crippen molar-refractivity contribution in [2.45, 2.75) is 19.3 Å². The highest BCUT2D eigenvalue weighted by atomic mass is 16.5. The number of carbonyl (C=O) groups excluding carboxylic acids is 1. The molecule has 0 radical (unpaired) electrons. The number of carboxylic acids is 1. The smallest absolute Gasteiger partial charge is 0.317 e. The van der Waals surface area contributed by atoms with E-state index in [0.29, 0.717) is 37.6 Å². The number of amides is 2. The number of benzene rings is 1. The van der Waals surface area contributed by atoms with Gasteiger partial charge in [0.2, 0.25) is 11.7 Å². The summed E-state index contributed by atoms with van der Waals surface area (Å²) in [6.45, 7) is 0.745. The SMILES string of the molecule is CN(CCc1nc(-c2ccccc2)no1)C(=O)NCCCC(=O)O. The molecule has 0 saturated heterocycles. The predicted molar refractivity (Wildman–Crippen MR) is 86.3 cm³/mol. The number of hydrogen-bond acceptors (Lipinski definition) is 5. The van der Waals surface area contributed by atoms with E-state index < -0.39 is 5.97 Å². The van der Waals surface area contributed by atoms with E-state index in [4.69, 9.17) is 9.63 Å². The van der Waals surface area contributed by atoms with Gasteiger partial charge in [-0.1, -0.05) is 35.5 Å². The zero-order chi connectivity index (χ0) is 17.4. The second-order valence-electron chi connectivity index (χ2n) is 5.28. The van der Waals surface area contributed by atoms with Gasteiger partial charge in [-0.25, -0.2) is 4.79 Å². The molecule has 0 unspecified atom stereocenters. The fourth-order valence-electron chi connectivity index (χ4n) is 2.00. The lowest BCUT2D eigenvalue weighted by molar-refractivity contribution is -0.137. The molecule has 8 nitrogen and oxygen atoms in total. The Labute approximate surface area is 139 Å². The van der Waals surface area contributed by atoms with E-state index >= 15 is 0 Å². The summed E-state index contributed by atoms with van der Waals surface area (Å²) in [6.07, 6.45) is 0.881. The molecule has 8 heteroatoms. The molecule has 2 rings (SSSR count). The van der Waals surface area contributed by atoms with Crippen LogP contribution in [0.25, 0.3) is 11.4 Å². The Bertz CT molecular complexity index is 672. The van der Waals surface area contributed by atoms with Gasteiger partial charge in [0.1, 0.15) is 0 Å². The number of carbonyl (C=O) groups is 2. The molecular formula is C16H20N4O4. The number of likely N-dealkylation sites (N-methyl/N-ethyl adjacent to an activating group) is 1. The minimum atomic E-state index is -0.872. The molecule has 1 aromatic carbocycles. The molecule has 2 N–H and O–H groups in total. The van der Waals surface area contributed by atoms with E-state index in [1.165, 1.54) is 4.90 Å². The van der Waals surface area contributed by atoms with Crippen LogP contribution in [-0.4, -0.2) is 52.3 Å². The molecule has 0 aliphatic rings. The summed E-state index contributed by atoms with van der Waals surface area (Å²) in [5.41, 5.74) is 0.872. The van der Waals surface area contributed by atoms with Gasteiger partial charge in [0.25, 0.3) is 0 Å². The van der Waals surface area contributed by atoms with Crippen LogP contribution < -0.4 is 5.32 Å². The third-order valence-corrected chi connectivity index (χ3v) is 3.35. The molecule has 24 heavy (non-hydrogen) atoms. The standard InChI is InChI=1S/C16H20N4O4/c1-20(16(23)17-10-5-8-14(21)22)11-9-13-18-15(19-24-13)12-6-3-2-4-7-12/h2-4,6-7H,5,8-11H2,1H3,(H,17,23)(H,21,22). The molecule has 0 spiro atoms. The highest BCUT2D eigenvalue weighted by molar-refractivity contribution is 5.73. The predicted octanol–water partition coefficient (Wildman–Crippen LogP) is 1.79. The fourth-order valence-corrected chi connectivity index (χ4v) is 2.00. The topological polar surface area (TPSA) is 109 Å². The van der Waals surface area contributed by atoms with Crippen molar-refractivity contribution >= 4 is 12.0 Å². The summed E-state index contributed by atoms with van der Waals surface area (Å²) in [4.78, 5) is 28.0. The van der Waals surface area contributed by atoms with Crippen molar-refractivity contribution < 1.29 is 19.2 Å². The monoisotopic (exact) mass is 332 g/mol. The summed E-state index contributed by atoms with van der Waals surface area (Å²) >= 11 is 0. The number of rotatable bonds is 8. The molecule has 2 amide bonds. The Balaban J connectivity index is 1.75. The van der Waals surface area contributed by atoms with Crippen LogP contribution in [0.5, 0.6) is 0 Å². The maximum absolute atomic E-state index is 11.8. The van der Waals surface area contributed by atoms with Crippen LogP contribution in [0.3, 0.4) is 0 Å². The lowest BCUT2D eigenvalue weighted by Crippen LogP contribution is -2.38. The van der Waals surface area contributed by atoms with Crippen LogP contribution in [0, 0.1) is 0 Å². The van der Waals surface area contributed by atoms with E-state index in [1.807, 2.05) is 30.3 Å². The lowest BCUT2D eigenvalue weighted by Gasteiger charge is -2.16. The first-order chi connectivity index (χ1) is 11.6. The van der Waals surface area contributed by atoms with Crippen LogP contribution in [0.1, 0.15) is 18.7 Å². The highest BCUT2D eigenvalue weighted by Gasteiger charge is 2.12. The lowest BCUT2D eigenvalue weighted by atomic mass is 10.2. The molecular weight excluding hydrogens is 312 g/mol. The summed E-state index contributed by atoms with van der Waals surface area (Å²) in [6, 6.07) is 9.23. The van der Waals surface area contributed by atoms with Gasteiger partial charge in [-0.15, -0.1) is 0 Å². The highest BCUT2D eigenvalue weighted by Crippen LogP contribution is 2.14. The average molecular weight is 332 g/mol. The third-order valence-electron chi connectivity index (χ3n) is 3.35. The van der Waals surface area contributed by atoms with Gasteiger partial charge in [0, 0.05) is 38.5 Å². The number of hydrogen-bond donors (Lipinski definition) is 2. The van der Waals surface area contributed by atoms with Gasteiger partial charge in [0.15, 0.2) is 0 Å². The zero-order valence-electron chi connectivity index (χ0n) is 13.4. The van der Waals surface area contributed by atoms with Gasteiger partial charge in [-0.2, -0.15) is 4.98 Å². The largest absolute Gasteiger partial charge is 0.481 e. The number of nitrogens with one attached hydrogen (secondary N) is 1. The zero-order valence-corrected chi connectivity index (χ0v) is 13.4. The van der Waals surface area contributed by atoms with Crippen molar-refractivity contribution in [1.82, 2.24) is 20.4 Å². The maximum atomic E-state index is 11.8. The number of aromatic nitrogens is 2. The summed E-state index contributed by atoms with van der Waals surface area (Å²) < 4.78 is 5.19. The summed E-state index contributed by atoms with van der Waals surface area (Å²) in [5.74, 6) is 0.106. The molecule has 0 aliphatic heterocycles. The van der Waals surface area contributed by atoms with Crippen LogP contribution in [0.15, 0.2) is 34.9 Å². The van der Waals surface area contributed by atoms with Crippen molar-refractivity contribution in [3.05, 3.63) is 36.2 Å². The summed E-state index contributed by atoms with van der Waals surface area (Å²) in [5, 5.41) is 15.1. The quantitative estimate of drug-likeness (QED) is 0.713. The Hall–Kier alpha value is -2.90. The molecule has 1 aromatic heterocycles. The Morgan fingerprint density at radius 2 is 2.04 bits per heavy atom. The minimum Gasteiger partial charge on any atom is -0.481 e. The number of urea groups is 1. The first-order valence-electron chi connectivity index (χ1n) is 7.65. The van der Waals surface area contributed by atoms with E-state index in [9.17, 15) is 9.59 Å². The molecule has 0 aliphatic carbocycles. The van der Waals surface area contributed by atoms with Gasteiger partial charge in [0.05, 0.1) is 0 Å². The van der Waals surface area contributed by atoms with E-state index in [-0.39, 0.29) is 12.5 Å². The van der Waals surface area contributed by atoms with E-state index in [1.54, 1.807) is 7.05 Å². The molecule has 2 aromatic rings. The Kier molecular flexibility index (Phi) is 6.30. The minimum absolute atomic E-state index is 0.0360. The second kappa shape index (κ2) is 8.66. The fraction of sp³-hybridized carbons (Fsp3) is 0.375. The normalized spacial score (nSPS) is 10.4. The van der Waals surface area contributed by atoms with Gasteiger partial charge < -0.3 is 19.8 Å². The van der Waals surface area contributed by atoms with Crippen LogP contribution in [-0.2, 0) is 11.2 Å². The Morgan fingerprint density at radius 3 is 2.75 bits per heavy atom. The second-order valence-corrected chi connectivity index (χ2v) is 5.28. The maximum Gasteiger partial charge on any atom is 0.317 e. The molecule has 128 valence electrons. The molecule has 0 bridgehead atoms. The van der Waals surface area contributed by atoms with Gasteiger partial charge >= 0.3 is 12.0 Å². The third kappa shape index (κ3) is 5.38. The van der Waals surface area contributed by atoms with E-state index in [0.717, 1.165) is 5.56 Å². The van der Waals surface area contributed by atoms with Gasteiger partial charge in [-0.05, 0) is 6.42 Å². The Morgan fingerprint density at radius 1 is 1.29 bits per heavy atom. The van der Waals surface area contributed by atoms with Gasteiger partial charge in [-0.3, -0.25) is 4.79 Å². The first-order valence-corrected chi connectivity index (χ1v) is 7.65. The van der Waals surface area contributed by atoms with E-state index in [2.05, 4.69) is 15.5 Å².